The molecule has 1 heterocycles. The zero-order chi connectivity index (χ0) is 13.8. The molecule has 19 heavy (non-hydrogen) atoms. The number of amides is 1. The molecule has 1 fully saturated rings. The molecule has 1 saturated heterocycles. The number of rotatable bonds is 5. The van der Waals surface area contributed by atoms with Crippen molar-refractivity contribution in [2.24, 2.45) is 11.7 Å². The molecule has 1 unspecified atom stereocenters. The standard InChI is InChI=1S/C13H16F2N2O2/c14-13(15)19-11-4-2-1-3-10(11)8-17-7-9(6-16)5-12(17)18/h1-4,9,13H,5-8,16H2. The third-order valence-corrected chi connectivity index (χ3v) is 3.18. The first-order valence-corrected chi connectivity index (χ1v) is 6.10. The van der Waals surface area contributed by atoms with Crippen LogP contribution in [0.5, 0.6) is 5.75 Å². The molecule has 1 aromatic carbocycles. The first-order chi connectivity index (χ1) is 9.10. The van der Waals surface area contributed by atoms with Gasteiger partial charge in [-0.05, 0) is 18.5 Å². The van der Waals surface area contributed by atoms with Crippen LogP contribution in [0.25, 0.3) is 0 Å². The van der Waals surface area contributed by atoms with Crippen LogP contribution in [-0.4, -0.2) is 30.5 Å². The fourth-order valence-corrected chi connectivity index (χ4v) is 2.22. The quantitative estimate of drug-likeness (QED) is 0.884. The molecule has 104 valence electrons. The van der Waals surface area contributed by atoms with Crippen LogP contribution in [0.15, 0.2) is 24.3 Å². The third-order valence-electron chi connectivity index (χ3n) is 3.18. The van der Waals surface area contributed by atoms with Gasteiger partial charge in [-0.2, -0.15) is 8.78 Å². The van der Waals surface area contributed by atoms with Gasteiger partial charge in [0.1, 0.15) is 5.75 Å². The molecule has 0 aliphatic carbocycles. The first-order valence-electron chi connectivity index (χ1n) is 6.10. The largest absolute Gasteiger partial charge is 0.434 e. The molecule has 0 saturated carbocycles. The van der Waals surface area contributed by atoms with E-state index in [-0.39, 0.29) is 24.1 Å². The average Bonchev–Trinajstić information content (AvgIpc) is 2.72. The van der Waals surface area contributed by atoms with E-state index in [9.17, 15) is 13.6 Å². The summed E-state index contributed by atoms with van der Waals surface area (Å²) in [5.74, 6) is 0.263. The summed E-state index contributed by atoms with van der Waals surface area (Å²) in [6, 6.07) is 6.51. The topological polar surface area (TPSA) is 55.6 Å². The maximum absolute atomic E-state index is 12.3. The van der Waals surface area contributed by atoms with Crippen LogP contribution in [0.2, 0.25) is 0 Å². The number of nitrogens with zero attached hydrogens (tertiary/aromatic N) is 1. The van der Waals surface area contributed by atoms with Crippen LogP contribution in [0.4, 0.5) is 8.78 Å². The van der Waals surface area contributed by atoms with Crippen molar-refractivity contribution < 1.29 is 18.3 Å². The highest BCUT2D eigenvalue weighted by atomic mass is 19.3. The molecule has 2 N–H and O–H groups in total. The fourth-order valence-electron chi connectivity index (χ4n) is 2.22. The highest BCUT2D eigenvalue weighted by molar-refractivity contribution is 5.78. The lowest BCUT2D eigenvalue weighted by molar-refractivity contribution is -0.128. The van der Waals surface area contributed by atoms with E-state index >= 15 is 0 Å². The summed E-state index contributed by atoms with van der Waals surface area (Å²) in [5.41, 5.74) is 6.12. The van der Waals surface area contributed by atoms with Crippen LogP contribution in [0.1, 0.15) is 12.0 Å². The van der Waals surface area contributed by atoms with Gasteiger partial charge in [-0.25, -0.2) is 0 Å². The Hall–Kier alpha value is -1.69. The molecular formula is C13H16F2N2O2. The fraction of sp³-hybridized carbons (Fsp3) is 0.462. The van der Waals surface area contributed by atoms with Gasteiger partial charge in [0.2, 0.25) is 5.91 Å². The van der Waals surface area contributed by atoms with Crippen LogP contribution >= 0.6 is 0 Å². The highest BCUT2D eigenvalue weighted by Crippen LogP contribution is 2.25. The van der Waals surface area contributed by atoms with Gasteiger partial charge in [-0.3, -0.25) is 4.79 Å². The van der Waals surface area contributed by atoms with Crippen molar-refractivity contribution in [3.63, 3.8) is 0 Å². The Morgan fingerprint density at radius 2 is 2.16 bits per heavy atom. The SMILES string of the molecule is NCC1CC(=O)N(Cc2ccccc2OC(F)F)C1. The van der Waals surface area contributed by atoms with Gasteiger partial charge >= 0.3 is 6.61 Å². The zero-order valence-corrected chi connectivity index (χ0v) is 10.4. The minimum atomic E-state index is -2.87. The number of halogens is 2. The minimum Gasteiger partial charge on any atom is -0.434 e. The zero-order valence-electron chi connectivity index (χ0n) is 10.4. The number of para-hydroxylation sites is 1. The van der Waals surface area contributed by atoms with Gasteiger partial charge in [0.05, 0.1) is 0 Å². The van der Waals surface area contributed by atoms with Crippen molar-refractivity contribution in [2.45, 2.75) is 19.6 Å². The van der Waals surface area contributed by atoms with Crippen molar-refractivity contribution in [2.75, 3.05) is 13.1 Å². The molecule has 1 amide bonds. The van der Waals surface area contributed by atoms with Crippen molar-refractivity contribution >= 4 is 5.91 Å². The molecule has 0 aromatic heterocycles. The lowest BCUT2D eigenvalue weighted by Gasteiger charge is -2.18. The number of carbonyl (C=O) groups excluding carboxylic acids is 1. The predicted octanol–water partition coefficient (Wildman–Crippen LogP) is 1.60. The minimum absolute atomic E-state index is 0.00213. The maximum atomic E-state index is 12.3. The molecule has 2 rings (SSSR count). The monoisotopic (exact) mass is 270 g/mol. The van der Waals surface area contributed by atoms with E-state index in [2.05, 4.69) is 4.74 Å². The van der Waals surface area contributed by atoms with E-state index in [1.807, 2.05) is 0 Å². The van der Waals surface area contributed by atoms with E-state index in [1.165, 1.54) is 6.07 Å². The third kappa shape index (κ3) is 3.41. The number of alkyl halides is 2. The van der Waals surface area contributed by atoms with Gasteiger partial charge in [-0.1, -0.05) is 18.2 Å². The van der Waals surface area contributed by atoms with Gasteiger partial charge in [0, 0.05) is 25.1 Å². The molecule has 0 spiro atoms. The molecule has 1 aliphatic rings. The molecule has 4 nitrogen and oxygen atoms in total. The summed E-state index contributed by atoms with van der Waals surface area (Å²) in [6.07, 6.45) is 0.425. The summed E-state index contributed by atoms with van der Waals surface area (Å²) in [7, 11) is 0. The molecule has 1 atom stereocenters. The molecular weight excluding hydrogens is 254 g/mol. The number of nitrogens with two attached hydrogens (primary N) is 1. The van der Waals surface area contributed by atoms with Crippen LogP contribution in [0.3, 0.4) is 0 Å². The lowest BCUT2D eigenvalue weighted by atomic mass is 10.1. The van der Waals surface area contributed by atoms with Gasteiger partial charge in [-0.15, -0.1) is 0 Å². The predicted molar refractivity (Wildman–Crippen MR) is 65.7 cm³/mol. The summed E-state index contributed by atoms with van der Waals surface area (Å²) < 4.78 is 29.0. The summed E-state index contributed by atoms with van der Waals surface area (Å²) in [6.45, 7) is -1.57. The number of hydrogen-bond acceptors (Lipinski definition) is 3. The van der Waals surface area contributed by atoms with Crippen molar-refractivity contribution in [3.05, 3.63) is 29.8 Å². The van der Waals surface area contributed by atoms with E-state index in [0.29, 0.717) is 25.1 Å². The number of likely N-dealkylation sites (tertiary alicyclic amines) is 1. The molecule has 0 bridgehead atoms. The Morgan fingerprint density at radius 1 is 1.42 bits per heavy atom. The Kier molecular flexibility index (Phi) is 4.31. The lowest BCUT2D eigenvalue weighted by Crippen LogP contribution is -2.26. The smallest absolute Gasteiger partial charge is 0.387 e. The summed E-state index contributed by atoms with van der Waals surface area (Å²) >= 11 is 0. The van der Waals surface area contributed by atoms with Crippen molar-refractivity contribution in [1.82, 2.24) is 4.90 Å². The van der Waals surface area contributed by atoms with Crippen molar-refractivity contribution in [3.8, 4) is 5.75 Å². The Labute approximate surface area is 110 Å². The summed E-state index contributed by atoms with van der Waals surface area (Å²) in [5, 5.41) is 0. The normalized spacial score (nSPS) is 19.3. The van der Waals surface area contributed by atoms with Crippen molar-refractivity contribution in [1.29, 1.82) is 0 Å². The van der Waals surface area contributed by atoms with E-state index in [0.717, 1.165) is 0 Å². The second-order valence-corrected chi connectivity index (χ2v) is 4.57. The number of carbonyl (C=O) groups is 1. The first kappa shape index (κ1) is 13.7. The highest BCUT2D eigenvalue weighted by Gasteiger charge is 2.29. The molecule has 1 aliphatic heterocycles. The second-order valence-electron chi connectivity index (χ2n) is 4.57. The number of benzene rings is 1. The van der Waals surface area contributed by atoms with Crippen LogP contribution in [0, 0.1) is 5.92 Å². The molecule has 1 aromatic rings. The van der Waals surface area contributed by atoms with Gasteiger partial charge < -0.3 is 15.4 Å². The van der Waals surface area contributed by atoms with Gasteiger partial charge in [0.25, 0.3) is 0 Å². The second kappa shape index (κ2) is 5.97. The Bertz CT molecular complexity index is 454. The maximum Gasteiger partial charge on any atom is 0.387 e. The van der Waals surface area contributed by atoms with Crippen LogP contribution < -0.4 is 10.5 Å². The van der Waals surface area contributed by atoms with Crippen LogP contribution in [-0.2, 0) is 11.3 Å². The number of ether oxygens (including phenoxy) is 1. The van der Waals surface area contributed by atoms with E-state index < -0.39 is 6.61 Å². The van der Waals surface area contributed by atoms with E-state index in [1.54, 1.807) is 23.1 Å². The number of hydrogen-bond donors (Lipinski definition) is 1. The Balaban J connectivity index is 2.09. The Morgan fingerprint density at radius 3 is 2.79 bits per heavy atom. The van der Waals surface area contributed by atoms with E-state index in [4.69, 9.17) is 5.73 Å². The average molecular weight is 270 g/mol. The van der Waals surface area contributed by atoms with Gasteiger partial charge in [0.15, 0.2) is 0 Å². The summed E-state index contributed by atoms with van der Waals surface area (Å²) in [4.78, 5) is 13.4. The molecule has 6 heteroatoms. The molecule has 0 radical (unpaired) electrons.